The fourth-order valence-electron chi connectivity index (χ4n) is 3.87. The summed E-state index contributed by atoms with van der Waals surface area (Å²) < 4.78 is 1.90. The summed E-state index contributed by atoms with van der Waals surface area (Å²) in [6, 6.07) is 8.26. The van der Waals surface area contributed by atoms with Gasteiger partial charge in [-0.3, -0.25) is 4.68 Å². The van der Waals surface area contributed by atoms with Crippen molar-refractivity contribution in [3.8, 4) is 0 Å². The van der Waals surface area contributed by atoms with Crippen LogP contribution in [0.2, 0.25) is 5.02 Å². The Bertz CT molecular complexity index is 687. The van der Waals surface area contributed by atoms with Gasteiger partial charge in [-0.15, -0.1) is 0 Å². The molecule has 0 bridgehead atoms. The van der Waals surface area contributed by atoms with Crippen molar-refractivity contribution in [2.75, 3.05) is 6.61 Å². The summed E-state index contributed by atoms with van der Waals surface area (Å²) in [5.74, 6) is 0. The number of nitrogens with zero attached hydrogens (tertiary/aromatic N) is 2. The lowest BCUT2D eigenvalue weighted by molar-refractivity contribution is 0.267. The van der Waals surface area contributed by atoms with E-state index < -0.39 is 0 Å². The number of hydrogen-bond acceptors (Lipinski definition) is 3. The fourth-order valence-corrected chi connectivity index (χ4v) is 4.00. The van der Waals surface area contributed by atoms with Gasteiger partial charge >= 0.3 is 0 Å². The van der Waals surface area contributed by atoms with Gasteiger partial charge < -0.3 is 10.4 Å². The molecule has 24 heavy (non-hydrogen) atoms. The number of aromatic nitrogens is 2. The standard InChI is InChI=1S/C19H26ClN3O/c1-14-18(15(2)23(22-14)11-12-24)13-21-19(9-3-4-10-19)16-5-7-17(20)8-6-16/h5-8,21,24H,3-4,9-13H2,1-2H3. The summed E-state index contributed by atoms with van der Waals surface area (Å²) in [6.07, 6.45) is 4.80. The predicted molar refractivity (Wildman–Crippen MR) is 97.2 cm³/mol. The minimum atomic E-state index is 0.0303. The molecule has 2 aromatic rings. The van der Waals surface area contributed by atoms with Crippen molar-refractivity contribution >= 4 is 11.6 Å². The van der Waals surface area contributed by atoms with Crippen LogP contribution in [0, 0.1) is 13.8 Å². The van der Waals surface area contributed by atoms with E-state index in [4.69, 9.17) is 11.6 Å². The molecule has 1 saturated carbocycles. The third-order valence-electron chi connectivity index (χ3n) is 5.30. The lowest BCUT2D eigenvalue weighted by Crippen LogP contribution is -2.39. The van der Waals surface area contributed by atoms with E-state index >= 15 is 0 Å². The largest absolute Gasteiger partial charge is 0.394 e. The molecular weight excluding hydrogens is 322 g/mol. The van der Waals surface area contributed by atoms with E-state index in [-0.39, 0.29) is 12.1 Å². The summed E-state index contributed by atoms with van der Waals surface area (Å²) >= 11 is 6.06. The molecule has 2 N–H and O–H groups in total. The van der Waals surface area contributed by atoms with Gasteiger partial charge in [0.2, 0.25) is 0 Å². The van der Waals surface area contributed by atoms with Crippen molar-refractivity contribution in [3.63, 3.8) is 0 Å². The SMILES string of the molecule is Cc1nn(CCO)c(C)c1CNC1(c2ccc(Cl)cc2)CCCC1. The highest BCUT2D eigenvalue weighted by Crippen LogP contribution is 2.39. The molecular formula is C19H26ClN3O. The van der Waals surface area contributed by atoms with Gasteiger partial charge in [0.25, 0.3) is 0 Å². The summed E-state index contributed by atoms with van der Waals surface area (Å²) in [6.45, 7) is 5.59. The topological polar surface area (TPSA) is 50.1 Å². The molecule has 0 atom stereocenters. The van der Waals surface area contributed by atoms with Gasteiger partial charge in [0.05, 0.1) is 18.8 Å². The number of hydrogen-bond donors (Lipinski definition) is 2. The van der Waals surface area contributed by atoms with Gasteiger partial charge in [-0.2, -0.15) is 5.10 Å². The van der Waals surface area contributed by atoms with Crippen LogP contribution in [-0.2, 0) is 18.6 Å². The Kier molecular flexibility index (Phi) is 5.28. The molecule has 0 unspecified atom stereocenters. The van der Waals surface area contributed by atoms with Gasteiger partial charge in [-0.25, -0.2) is 0 Å². The Morgan fingerprint density at radius 2 is 1.88 bits per heavy atom. The van der Waals surface area contributed by atoms with E-state index in [9.17, 15) is 5.11 Å². The maximum absolute atomic E-state index is 9.17. The smallest absolute Gasteiger partial charge is 0.0644 e. The van der Waals surface area contributed by atoms with E-state index in [2.05, 4.69) is 29.5 Å². The molecule has 1 aromatic heterocycles. The van der Waals surface area contributed by atoms with Gasteiger partial charge in [0.1, 0.15) is 0 Å². The third-order valence-corrected chi connectivity index (χ3v) is 5.55. The molecule has 0 saturated heterocycles. The first-order chi connectivity index (χ1) is 11.6. The normalized spacial score (nSPS) is 16.7. The molecule has 4 nitrogen and oxygen atoms in total. The van der Waals surface area contributed by atoms with Crippen LogP contribution in [0.15, 0.2) is 24.3 Å². The van der Waals surface area contributed by atoms with Crippen molar-refractivity contribution in [3.05, 3.63) is 51.8 Å². The van der Waals surface area contributed by atoms with Crippen LogP contribution in [0.25, 0.3) is 0 Å². The highest BCUT2D eigenvalue weighted by Gasteiger charge is 2.35. The highest BCUT2D eigenvalue weighted by molar-refractivity contribution is 6.30. The van der Waals surface area contributed by atoms with Crippen molar-refractivity contribution in [1.82, 2.24) is 15.1 Å². The third kappa shape index (κ3) is 3.37. The zero-order valence-corrected chi connectivity index (χ0v) is 15.2. The quantitative estimate of drug-likeness (QED) is 0.837. The predicted octanol–water partition coefficient (Wildman–Crippen LogP) is 3.70. The van der Waals surface area contributed by atoms with Crippen molar-refractivity contribution < 1.29 is 5.11 Å². The van der Waals surface area contributed by atoms with Crippen LogP contribution in [-0.4, -0.2) is 21.5 Å². The van der Waals surface area contributed by atoms with E-state index in [0.29, 0.717) is 6.54 Å². The zero-order chi connectivity index (χ0) is 17.2. The molecule has 1 aliphatic carbocycles. The Hall–Kier alpha value is -1.36. The Morgan fingerprint density at radius 1 is 1.21 bits per heavy atom. The Balaban J connectivity index is 1.82. The number of aliphatic hydroxyl groups is 1. The first-order valence-corrected chi connectivity index (χ1v) is 9.08. The maximum atomic E-state index is 9.17. The minimum Gasteiger partial charge on any atom is -0.394 e. The van der Waals surface area contributed by atoms with Crippen LogP contribution < -0.4 is 5.32 Å². The van der Waals surface area contributed by atoms with E-state index in [1.807, 2.05) is 23.7 Å². The van der Waals surface area contributed by atoms with Crippen LogP contribution >= 0.6 is 11.6 Å². The molecule has 1 aromatic carbocycles. The van der Waals surface area contributed by atoms with Crippen molar-refractivity contribution in [2.24, 2.45) is 0 Å². The summed E-state index contributed by atoms with van der Waals surface area (Å²) in [7, 11) is 0. The molecule has 5 heteroatoms. The number of benzene rings is 1. The minimum absolute atomic E-state index is 0.0303. The highest BCUT2D eigenvalue weighted by atomic mass is 35.5. The van der Waals surface area contributed by atoms with Gasteiger partial charge in [0, 0.05) is 28.4 Å². The van der Waals surface area contributed by atoms with Gasteiger partial charge in [-0.05, 0) is 44.4 Å². The first kappa shape index (κ1) is 17.5. The van der Waals surface area contributed by atoms with Gasteiger partial charge in [0.15, 0.2) is 0 Å². The monoisotopic (exact) mass is 347 g/mol. The van der Waals surface area contributed by atoms with Crippen molar-refractivity contribution in [1.29, 1.82) is 0 Å². The molecule has 130 valence electrons. The van der Waals surface area contributed by atoms with Gasteiger partial charge in [-0.1, -0.05) is 36.6 Å². The van der Waals surface area contributed by atoms with Crippen molar-refractivity contribution in [2.45, 2.75) is 58.2 Å². The number of halogens is 1. The zero-order valence-electron chi connectivity index (χ0n) is 14.5. The summed E-state index contributed by atoms with van der Waals surface area (Å²) in [4.78, 5) is 0. The van der Waals surface area contributed by atoms with E-state index in [1.54, 1.807) is 0 Å². The van der Waals surface area contributed by atoms with Crippen LogP contribution in [0.1, 0.15) is 48.2 Å². The molecule has 0 aliphatic heterocycles. The summed E-state index contributed by atoms with van der Waals surface area (Å²) in [5, 5.41) is 18.3. The second kappa shape index (κ2) is 7.26. The molecule has 0 amide bonds. The summed E-state index contributed by atoms with van der Waals surface area (Å²) in [5.41, 5.74) is 4.77. The molecule has 1 aliphatic rings. The maximum Gasteiger partial charge on any atom is 0.0644 e. The number of nitrogens with one attached hydrogen (secondary N) is 1. The average molecular weight is 348 g/mol. The number of aliphatic hydroxyl groups excluding tert-OH is 1. The average Bonchev–Trinajstić information content (AvgIpc) is 3.14. The first-order valence-electron chi connectivity index (χ1n) is 8.70. The molecule has 0 radical (unpaired) electrons. The number of aryl methyl sites for hydroxylation is 1. The van der Waals surface area contributed by atoms with Crippen LogP contribution in [0.3, 0.4) is 0 Å². The lowest BCUT2D eigenvalue weighted by Gasteiger charge is -2.31. The molecule has 1 fully saturated rings. The van der Waals surface area contributed by atoms with E-state index in [0.717, 1.165) is 35.8 Å². The number of rotatable bonds is 6. The molecule has 3 rings (SSSR count). The second-order valence-electron chi connectivity index (χ2n) is 6.75. The fraction of sp³-hybridized carbons (Fsp3) is 0.526. The Morgan fingerprint density at radius 3 is 2.50 bits per heavy atom. The molecule has 0 spiro atoms. The van der Waals surface area contributed by atoms with Crippen LogP contribution in [0.4, 0.5) is 0 Å². The van der Waals surface area contributed by atoms with Crippen LogP contribution in [0.5, 0.6) is 0 Å². The Labute approximate surface area is 148 Å². The molecule has 1 heterocycles. The second-order valence-corrected chi connectivity index (χ2v) is 7.18. The van der Waals surface area contributed by atoms with E-state index in [1.165, 1.54) is 24.0 Å². The lowest BCUT2D eigenvalue weighted by atomic mass is 9.88.